The van der Waals surface area contributed by atoms with Crippen LogP contribution in [0.5, 0.6) is 0 Å². The summed E-state index contributed by atoms with van der Waals surface area (Å²) in [4.78, 5) is 22.2. The Morgan fingerprint density at radius 1 is 1.00 bits per heavy atom. The molecular weight excluding hydrogens is 346 g/mol. The summed E-state index contributed by atoms with van der Waals surface area (Å²) in [6.07, 6.45) is 9.55. The maximum atomic E-state index is 13.2. The van der Waals surface area contributed by atoms with Crippen molar-refractivity contribution in [3.8, 4) is 0 Å². The zero-order chi connectivity index (χ0) is 19.0. The number of likely N-dealkylation sites (tertiary alicyclic amines) is 2. The number of hydrogen-bond acceptors (Lipinski definition) is 3. The summed E-state index contributed by atoms with van der Waals surface area (Å²) in [5.41, 5.74) is 2.83. The Balaban J connectivity index is 1.32. The summed E-state index contributed by atoms with van der Waals surface area (Å²) < 4.78 is 0. The van der Waals surface area contributed by atoms with Crippen LogP contribution >= 0.6 is 0 Å². The van der Waals surface area contributed by atoms with Gasteiger partial charge in [-0.3, -0.25) is 14.7 Å². The second-order valence-corrected chi connectivity index (χ2v) is 9.00. The van der Waals surface area contributed by atoms with Gasteiger partial charge in [-0.25, -0.2) is 0 Å². The van der Waals surface area contributed by atoms with Crippen molar-refractivity contribution >= 4 is 5.91 Å². The average Bonchev–Trinajstić information content (AvgIpc) is 3.58. The largest absolute Gasteiger partial charge is 0.339 e. The van der Waals surface area contributed by atoms with E-state index in [1.165, 1.54) is 36.8 Å². The van der Waals surface area contributed by atoms with Crippen molar-refractivity contribution in [3.05, 3.63) is 66.0 Å². The third kappa shape index (κ3) is 3.58. The second kappa shape index (κ2) is 7.32. The van der Waals surface area contributed by atoms with Crippen molar-refractivity contribution < 1.29 is 4.79 Å². The minimum absolute atomic E-state index is 0.0438. The Morgan fingerprint density at radius 2 is 1.71 bits per heavy atom. The Morgan fingerprint density at radius 3 is 2.39 bits per heavy atom. The van der Waals surface area contributed by atoms with Gasteiger partial charge in [0, 0.05) is 31.5 Å². The molecule has 0 radical (unpaired) electrons. The number of pyridine rings is 1. The lowest BCUT2D eigenvalue weighted by molar-refractivity contribution is -0.142. The molecule has 3 fully saturated rings. The van der Waals surface area contributed by atoms with E-state index in [1.54, 1.807) is 0 Å². The fourth-order valence-electron chi connectivity index (χ4n) is 5.16. The van der Waals surface area contributed by atoms with Crippen LogP contribution in [0.3, 0.4) is 0 Å². The van der Waals surface area contributed by atoms with Crippen molar-refractivity contribution in [1.29, 1.82) is 0 Å². The molecule has 1 atom stereocenters. The van der Waals surface area contributed by atoms with Crippen LogP contribution in [0, 0.1) is 5.41 Å². The number of piperidine rings is 2. The number of carbonyl (C=O) groups excluding carboxylic acids is 1. The fourth-order valence-corrected chi connectivity index (χ4v) is 5.16. The fraction of sp³-hybridized carbons (Fsp3) is 0.500. The predicted molar refractivity (Wildman–Crippen MR) is 110 cm³/mol. The molecule has 5 rings (SSSR count). The third-order valence-corrected chi connectivity index (χ3v) is 6.99. The quantitative estimate of drug-likeness (QED) is 0.815. The minimum Gasteiger partial charge on any atom is -0.339 e. The van der Waals surface area contributed by atoms with Gasteiger partial charge in [0.2, 0.25) is 5.91 Å². The normalized spacial score (nSPS) is 25.2. The molecule has 0 unspecified atom stereocenters. The molecule has 2 aliphatic heterocycles. The molecule has 2 aromatic rings. The molecule has 3 aliphatic rings. The van der Waals surface area contributed by atoms with Crippen LogP contribution in [0.4, 0.5) is 0 Å². The zero-order valence-corrected chi connectivity index (χ0v) is 16.5. The first-order valence-electron chi connectivity index (χ1n) is 10.7. The Bertz CT molecular complexity index is 810. The molecule has 1 amide bonds. The Labute approximate surface area is 167 Å². The predicted octanol–water partition coefficient (Wildman–Crippen LogP) is 3.84. The van der Waals surface area contributed by atoms with E-state index < -0.39 is 0 Å². The molecule has 2 saturated heterocycles. The van der Waals surface area contributed by atoms with Crippen LogP contribution in [0.2, 0.25) is 0 Å². The van der Waals surface area contributed by atoms with Crippen molar-refractivity contribution in [2.75, 3.05) is 19.6 Å². The van der Waals surface area contributed by atoms with Gasteiger partial charge in [-0.05, 0) is 73.9 Å². The molecule has 0 bridgehead atoms. The van der Waals surface area contributed by atoms with Crippen LogP contribution in [-0.2, 0) is 11.3 Å². The summed E-state index contributed by atoms with van der Waals surface area (Å²) in [5.74, 6) is 0.417. The number of nitrogens with zero attached hydrogens (tertiary/aromatic N) is 3. The van der Waals surface area contributed by atoms with Gasteiger partial charge in [-0.15, -0.1) is 0 Å². The summed E-state index contributed by atoms with van der Waals surface area (Å²) >= 11 is 0. The topological polar surface area (TPSA) is 36.4 Å². The van der Waals surface area contributed by atoms with Crippen molar-refractivity contribution in [2.24, 2.45) is 5.41 Å². The van der Waals surface area contributed by atoms with Crippen LogP contribution in [0.15, 0.2) is 54.9 Å². The van der Waals surface area contributed by atoms with Crippen LogP contribution in [0.25, 0.3) is 0 Å². The Kier molecular flexibility index (Phi) is 4.67. The van der Waals surface area contributed by atoms with E-state index >= 15 is 0 Å². The van der Waals surface area contributed by atoms with Gasteiger partial charge < -0.3 is 4.90 Å². The summed E-state index contributed by atoms with van der Waals surface area (Å²) in [6, 6.07) is 15.2. The number of carbonyl (C=O) groups is 1. The lowest BCUT2D eigenvalue weighted by Crippen LogP contribution is -2.54. The lowest BCUT2D eigenvalue weighted by Gasteiger charge is -2.50. The number of benzene rings is 1. The van der Waals surface area contributed by atoms with E-state index in [4.69, 9.17) is 0 Å². The number of rotatable bonds is 4. The minimum atomic E-state index is 0.0438. The van der Waals surface area contributed by atoms with Gasteiger partial charge in [-0.2, -0.15) is 0 Å². The van der Waals surface area contributed by atoms with Gasteiger partial charge in [-0.1, -0.05) is 30.3 Å². The maximum Gasteiger partial charge on any atom is 0.230 e. The van der Waals surface area contributed by atoms with Gasteiger partial charge >= 0.3 is 0 Å². The van der Waals surface area contributed by atoms with Crippen molar-refractivity contribution in [3.63, 3.8) is 0 Å². The van der Waals surface area contributed by atoms with Gasteiger partial charge in [0.15, 0.2) is 0 Å². The molecular formula is C24H29N3O. The zero-order valence-electron chi connectivity index (χ0n) is 16.5. The van der Waals surface area contributed by atoms with Crippen molar-refractivity contribution in [2.45, 2.75) is 50.6 Å². The van der Waals surface area contributed by atoms with Gasteiger partial charge in [0.05, 0.1) is 5.92 Å². The molecule has 0 N–H and O–H groups in total. The molecule has 1 aromatic carbocycles. The molecule has 28 heavy (non-hydrogen) atoms. The van der Waals surface area contributed by atoms with Crippen LogP contribution in [0.1, 0.15) is 49.1 Å². The molecule has 1 aliphatic carbocycles. The van der Waals surface area contributed by atoms with E-state index in [9.17, 15) is 4.79 Å². The highest BCUT2D eigenvalue weighted by atomic mass is 16.2. The number of amides is 1. The van der Waals surface area contributed by atoms with Crippen molar-refractivity contribution in [1.82, 2.24) is 14.8 Å². The smallest absolute Gasteiger partial charge is 0.230 e. The maximum absolute atomic E-state index is 13.2. The first kappa shape index (κ1) is 17.9. The molecule has 4 nitrogen and oxygen atoms in total. The molecule has 3 heterocycles. The number of aromatic nitrogens is 1. The van der Waals surface area contributed by atoms with E-state index in [-0.39, 0.29) is 11.3 Å². The lowest BCUT2D eigenvalue weighted by atomic mass is 9.67. The first-order valence-corrected chi connectivity index (χ1v) is 10.7. The Hall–Kier alpha value is -2.20. The molecule has 146 valence electrons. The first-order chi connectivity index (χ1) is 13.7. The highest BCUT2D eigenvalue weighted by Crippen LogP contribution is 2.48. The highest BCUT2D eigenvalue weighted by molar-refractivity contribution is 5.85. The van der Waals surface area contributed by atoms with E-state index in [0.29, 0.717) is 11.9 Å². The summed E-state index contributed by atoms with van der Waals surface area (Å²) in [5, 5.41) is 0. The molecule has 1 saturated carbocycles. The summed E-state index contributed by atoms with van der Waals surface area (Å²) in [7, 11) is 0. The molecule has 1 aromatic heterocycles. The average molecular weight is 376 g/mol. The third-order valence-electron chi connectivity index (χ3n) is 6.99. The SMILES string of the molecule is O=C1[C@H](c2ccccc2)CC2(CCN(Cc3ccncc3)CC2)CN1C1CC1. The molecule has 4 heteroatoms. The summed E-state index contributed by atoms with van der Waals surface area (Å²) in [6.45, 7) is 4.22. The monoisotopic (exact) mass is 375 g/mol. The number of hydrogen-bond donors (Lipinski definition) is 0. The van der Waals surface area contributed by atoms with Crippen LogP contribution in [-0.4, -0.2) is 46.4 Å². The van der Waals surface area contributed by atoms with E-state index in [2.05, 4.69) is 51.2 Å². The van der Waals surface area contributed by atoms with Gasteiger partial charge in [0.25, 0.3) is 0 Å². The van der Waals surface area contributed by atoms with E-state index in [1.807, 2.05) is 18.5 Å². The highest BCUT2D eigenvalue weighted by Gasteiger charge is 2.49. The second-order valence-electron chi connectivity index (χ2n) is 9.00. The van der Waals surface area contributed by atoms with Crippen LogP contribution < -0.4 is 0 Å². The molecule has 1 spiro atoms. The standard InChI is InChI=1S/C24H29N3O/c28-23-22(20-4-2-1-3-5-20)16-24(18-27(23)21-6-7-21)10-14-26(15-11-24)17-19-8-12-25-13-9-19/h1-5,8-9,12-13,21-22H,6-7,10-11,14-18H2/t22-/m0/s1. The van der Waals surface area contributed by atoms with Gasteiger partial charge in [0.1, 0.15) is 0 Å². The van der Waals surface area contributed by atoms with E-state index in [0.717, 1.165) is 32.6 Å².